The Hall–Kier alpha value is -1.40. The Kier molecular flexibility index (Phi) is 5.72. The van der Waals surface area contributed by atoms with Crippen LogP contribution < -0.4 is 5.32 Å². The highest BCUT2D eigenvalue weighted by Gasteiger charge is 2.55. The average molecular weight is 379 g/mol. The molecule has 1 saturated carbocycles. The van der Waals surface area contributed by atoms with E-state index in [1.165, 1.54) is 0 Å². The highest BCUT2D eigenvalue weighted by atomic mass is 32.2. The van der Waals surface area contributed by atoms with E-state index in [2.05, 4.69) is 19.2 Å². The molecule has 0 unspecified atom stereocenters. The molecule has 1 aromatic rings. The molecule has 1 aliphatic carbocycles. The quantitative estimate of drug-likeness (QED) is 0.857. The van der Waals surface area contributed by atoms with Crippen molar-refractivity contribution in [2.24, 2.45) is 11.3 Å². The second-order valence-corrected chi connectivity index (χ2v) is 10.2. The first kappa shape index (κ1) is 19.4. The zero-order valence-corrected chi connectivity index (χ0v) is 16.6. The molecule has 1 aliphatic heterocycles. The Morgan fingerprint density at radius 2 is 1.96 bits per heavy atom. The molecule has 1 aromatic carbocycles. The number of carbonyl (C=O) groups is 1. The average Bonchev–Trinajstić information content (AvgIpc) is 2.63. The Balaban J connectivity index is 1.91. The smallest absolute Gasteiger partial charge is 0.227 e. The number of fused-ring (bicyclic) bond motifs is 1. The van der Waals surface area contributed by atoms with E-state index in [-0.39, 0.29) is 17.7 Å². The molecule has 5 nitrogen and oxygen atoms in total. The van der Waals surface area contributed by atoms with Crippen LogP contribution in [-0.4, -0.2) is 37.0 Å². The first-order valence-corrected chi connectivity index (χ1v) is 11.3. The van der Waals surface area contributed by atoms with E-state index in [1.807, 2.05) is 30.3 Å². The van der Waals surface area contributed by atoms with Gasteiger partial charge in [0.2, 0.25) is 15.9 Å². The molecule has 3 rings (SSSR count). The highest BCUT2D eigenvalue weighted by Crippen LogP contribution is 2.47. The van der Waals surface area contributed by atoms with Crippen LogP contribution in [0.15, 0.2) is 30.3 Å². The summed E-state index contributed by atoms with van der Waals surface area (Å²) in [6.07, 6.45) is 3.95. The molecule has 0 bridgehead atoms. The van der Waals surface area contributed by atoms with Gasteiger partial charge in [0.05, 0.1) is 11.2 Å². The number of sulfonamides is 1. The van der Waals surface area contributed by atoms with Crippen LogP contribution in [0.2, 0.25) is 0 Å². The second kappa shape index (κ2) is 7.69. The minimum atomic E-state index is -3.34. The van der Waals surface area contributed by atoms with E-state index in [9.17, 15) is 13.2 Å². The fourth-order valence-electron chi connectivity index (χ4n) is 4.38. The topological polar surface area (TPSA) is 66.5 Å². The summed E-state index contributed by atoms with van der Waals surface area (Å²) in [4.78, 5) is 13.1. The van der Waals surface area contributed by atoms with Gasteiger partial charge in [-0.2, -0.15) is 4.31 Å². The summed E-state index contributed by atoms with van der Waals surface area (Å²) in [6, 6.07) is 9.45. The van der Waals surface area contributed by atoms with Crippen molar-refractivity contribution in [1.29, 1.82) is 0 Å². The van der Waals surface area contributed by atoms with Crippen molar-refractivity contribution in [3.8, 4) is 0 Å². The molecule has 2 fully saturated rings. The van der Waals surface area contributed by atoms with Crippen LogP contribution in [0.3, 0.4) is 0 Å². The van der Waals surface area contributed by atoms with Gasteiger partial charge in [-0.05, 0) is 30.7 Å². The van der Waals surface area contributed by atoms with Crippen molar-refractivity contribution in [1.82, 2.24) is 9.62 Å². The van der Waals surface area contributed by atoms with E-state index in [0.29, 0.717) is 25.4 Å². The SMILES string of the molecule is CC(C)CNC(=O)[C@@]12CCCC[C@H]1N(Cc1ccccc1)S(=O)(=O)CC2. The van der Waals surface area contributed by atoms with Crippen molar-refractivity contribution in [3.05, 3.63) is 35.9 Å². The van der Waals surface area contributed by atoms with Crippen LogP contribution in [0.1, 0.15) is 51.5 Å². The molecule has 26 heavy (non-hydrogen) atoms. The molecule has 2 atom stereocenters. The summed E-state index contributed by atoms with van der Waals surface area (Å²) in [7, 11) is -3.34. The predicted octanol–water partition coefficient (Wildman–Crippen LogP) is 2.92. The molecule has 2 aliphatic rings. The number of carbonyl (C=O) groups excluding carboxylic acids is 1. The normalized spacial score (nSPS) is 28.5. The fraction of sp³-hybridized carbons (Fsp3) is 0.650. The number of rotatable bonds is 5. The van der Waals surface area contributed by atoms with Gasteiger partial charge in [0.25, 0.3) is 0 Å². The molecule has 0 aromatic heterocycles. The van der Waals surface area contributed by atoms with E-state index in [1.54, 1.807) is 4.31 Å². The summed E-state index contributed by atoms with van der Waals surface area (Å²) in [5.41, 5.74) is 0.396. The lowest BCUT2D eigenvalue weighted by atomic mass is 9.67. The molecule has 0 spiro atoms. The van der Waals surface area contributed by atoms with Gasteiger partial charge in [-0.1, -0.05) is 57.0 Å². The van der Waals surface area contributed by atoms with Crippen molar-refractivity contribution in [2.45, 2.75) is 58.5 Å². The lowest BCUT2D eigenvalue weighted by Gasteiger charge is -2.50. The van der Waals surface area contributed by atoms with Gasteiger partial charge < -0.3 is 5.32 Å². The van der Waals surface area contributed by atoms with Gasteiger partial charge in [-0.15, -0.1) is 0 Å². The monoisotopic (exact) mass is 378 g/mol. The van der Waals surface area contributed by atoms with E-state index in [4.69, 9.17) is 0 Å². The molecule has 1 saturated heterocycles. The number of nitrogens with zero attached hydrogens (tertiary/aromatic N) is 1. The molecule has 6 heteroatoms. The standard InChI is InChI=1S/C20H30N2O3S/c1-16(2)14-21-19(23)20-11-7-6-10-18(20)22(26(24,25)13-12-20)15-17-8-4-3-5-9-17/h3-5,8-9,16,18H,6-7,10-15H2,1-2H3,(H,21,23)/t18-,20-/m1/s1. The molecule has 1 N–H and O–H groups in total. The predicted molar refractivity (Wildman–Crippen MR) is 103 cm³/mol. The van der Waals surface area contributed by atoms with Gasteiger partial charge in [0.15, 0.2) is 0 Å². The first-order chi connectivity index (χ1) is 12.3. The zero-order valence-electron chi connectivity index (χ0n) is 15.8. The van der Waals surface area contributed by atoms with Gasteiger partial charge in [0.1, 0.15) is 0 Å². The van der Waals surface area contributed by atoms with Crippen molar-refractivity contribution < 1.29 is 13.2 Å². The Labute approximate surface area is 157 Å². The molecular formula is C20H30N2O3S. The van der Waals surface area contributed by atoms with Crippen LogP contribution in [0.25, 0.3) is 0 Å². The minimum Gasteiger partial charge on any atom is -0.355 e. The van der Waals surface area contributed by atoms with Crippen molar-refractivity contribution in [2.75, 3.05) is 12.3 Å². The number of nitrogens with one attached hydrogen (secondary N) is 1. The Morgan fingerprint density at radius 3 is 2.65 bits per heavy atom. The number of amides is 1. The van der Waals surface area contributed by atoms with Crippen molar-refractivity contribution in [3.63, 3.8) is 0 Å². The molecular weight excluding hydrogens is 348 g/mol. The highest BCUT2D eigenvalue weighted by molar-refractivity contribution is 7.89. The molecule has 0 radical (unpaired) electrons. The first-order valence-electron chi connectivity index (χ1n) is 9.67. The maximum Gasteiger partial charge on any atom is 0.227 e. The fourth-order valence-corrected chi connectivity index (χ4v) is 6.28. The van der Waals surface area contributed by atoms with E-state index < -0.39 is 15.4 Å². The van der Waals surface area contributed by atoms with Crippen molar-refractivity contribution >= 4 is 15.9 Å². The van der Waals surface area contributed by atoms with E-state index in [0.717, 1.165) is 31.2 Å². The van der Waals surface area contributed by atoms with Crippen LogP contribution in [0, 0.1) is 11.3 Å². The van der Waals surface area contributed by atoms with E-state index >= 15 is 0 Å². The van der Waals surface area contributed by atoms with Crippen LogP contribution in [-0.2, 0) is 21.4 Å². The lowest BCUT2D eigenvalue weighted by Crippen LogP contribution is -2.62. The maximum absolute atomic E-state index is 13.1. The minimum absolute atomic E-state index is 0.0452. The maximum atomic E-state index is 13.1. The number of hydrogen-bond donors (Lipinski definition) is 1. The zero-order chi connectivity index (χ0) is 18.8. The van der Waals surface area contributed by atoms with Crippen LogP contribution in [0.5, 0.6) is 0 Å². The Morgan fingerprint density at radius 1 is 1.23 bits per heavy atom. The number of hydrogen-bond acceptors (Lipinski definition) is 3. The molecule has 1 heterocycles. The third-order valence-corrected chi connectivity index (χ3v) is 7.62. The molecule has 1 amide bonds. The Bertz CT molecular complexity index is 733. The summed E-state index contributed by atoms with van der Waals surface area (Å²) in [6.45, 7) is 5.14. The van der Waals surface area contributed by atoms with Gasteiger partial charge >= 0.3 is 0 Å². The summed E-state index contributed by atoms with van der Waals surface area (Å²) >= 11 is 0. The number of benzene rings is 1. The summed E-state index contributed by atoms with van der Waals surface area (Å²) < 4.78 is 27.4. The van der Waals surface area contributed by atoms with Crippen LogP contribution in [0.4, 0.5) is 0 Å². The summed E-state index contributed by atoms with van der Waals surface area (Å²) in [5.74, 6) is 0.486. The largest absolute Gasteiger partial charge is 0.355 e. The van der Waals surface area contributed by atoms with Crippen LogP contribution >= 0.6 is 0 Å². The third-order valence-electron chi connectivity index (χ3n) is 5.80. The molecule has 144 valence electrons. The van der Waals surface area contributed by atoms with Gasteiger partial charge in [-0.3, -0.25) is 4.79 Å². The van der Waals surface area contributed by atoms with Gasteiger partial charge in [0, 0.05) is 19.1 Å². The second-order valence-electron chi connectivity index (χ2n) is 8.12. The third kappa shape index (κ3) is 3.81. The van der Waals surface area contributed by atoms with Gasteiger partial charge in [-0.25, -0.2) is 8.42 Å². The lowest BCUT2D eigenvalue weighted by molar-refractivity contribution is -0.137. The summed E-state index contributed by atoms with van der Waals surface area (Å²) in [5, 5.41) is 3.09.